The van der Waals surface area contributed by atoms with Gasteiger partial charge in [0.1, 0.15) is 5.82 Å². The third kappa shape index (κ3) is 2.66. The van der Waals surface area contributed by atoms with Crippen molar-refractivity contribution in [2.45, 2.75) is 13.3 Å². The lowest BCUT2D eigenvalue weighted by molar-refractivity contribution is 0.627. The zero-order valence-corrected chi connectivity index (χ0v) is 8.70. The molecule has 0 aliphatic heterocycles. The molecule has 0 fully saturated rings. The van der Waals surface area contributed by atoms with Crippen LogP contribution >= 0.6 is 0 Å². The summed E-state index contributed by atoms with van der Waals surface area (Å²) in [5, 5.41) is 0. The van der Waals surface area contributed by atoms with Gasteiger partial charge in [-0.1, -0.05) is 42.0 Å². The van der Waals surface area contributed by atoms with Crippen molar-refractivity contribution in [2.75, 3.05) is 0 Å². The lowest BCUT2D eigenvalue weighted by Crippen LogP contribution is -1.88. The number of benzene rings is 2. The second-order valence-electron chi connectivity index (χ2n) is 3.79. The first kappa shape index (κ1) is 9.91. The van der Waals surface area contributed by atoms with Gasteiger partial charge in [0, 0.05) is 0 Å². The predicted molar refractivity (Wildman–Crippen MR) is 60.4 cm³/mol. The maximum absolute atomic E-state index is 12.7. The molecule has 0 heterocycles. The summed E-state index contributed by atoms with van der Waals surface area (Å²) in [5.74, 6) is -0.178. The van der Waals surface area contributed by atoms with Crippen molar-refractivity contribution >= 4 is 0 Å². The van der Waals surface area contributed by atoms with Gasteiger partial charge in [-0.15, -0.1) is 0 Å². The quantitative estimate of drug-likeness (QED) is 0.693. The molecule has 2 rings (SSSR count). The molecule has 0 atom stereocenters. The van der Waals surface area contributed by atoms with Crippen molar-refractivity contribution in [3.05, 3.63) is 71.0 Å². The monoisotopic (exact) mass is 200 g/mol. The number of aryl methyl sites for hydroxylation is 1. The van der Waals surface area contributed by atoms with Crippen LogP contribution in [0.2, 0.25) is 0 Å². The number of rotatable bonds is 2. The summed E-state index contributed by atoms with van der Waals surface area (Å²) in [7, 11) is 0. The summed E-state index contributed by atoms with van der Waals surface area (Å²) in [6.07, 6.45) is 0.862. The summed E-state index contributed by atoms with van der Waals surface area (Å²) < 4.78 is 12.7. The van der Waals surface area contributed by atoms with Crippen molar-refractivity contribution in [3.63, 3.8) is 0 Å². The van der Waals surface area contributed by atoms with Crippen LogP contribution < -0.4 is 0 Å². The molecule has 1 heteroatoms. The standard InChI is InChI=1S/C14H13F/c1-11-2-4-12(5-3-11)10-13-6-8-14(15)9-7-13/h2-9H,10H2,1H3. The highest BCUT2D eigenvalue weighted by molar-refractivity contribution is 5.28. The van der Waals surface area contributed by atoms with E-state index in [-0.39, 0.29) is 5.82 Å². The molecular weight excluding hydrogens is 187 g/mol. The van der Waals surface area contributed by atoms with Crippen molar-refractivity contribution in [1.29, 1.82) is 0 Å². The summed E-state index contributed by atoms with van der Waals surface area (Å²) in [6.45, 7) is 2.07. The average Bonchev–Trinajstić information content (AvgIpc) is 2.25. The highest BCUT2D eigenvalue weighted by Gasteiger charge is 1.96. The minimum Gasteiger partial charge on any atom is -0.207 e. The Balaban J connectivity index is 2.15. The lowest BCUT2D eigenvalue weighted by Gasteiger charge is -2.02. The molecule has 2 aromatic rings. The highest BCUT2D eigenvalue weighted by Crippen LogP contribution is 2.11. The Kier molecular flexibility index (Phi) is 2.82. The molecule has 0 unspecified atom stereocenters. The minimum absolute atomic E-state index is 0.178. The van der Waals surface area contributed by atoms with Gasteiger partial charge >= 0.3 is 0 Å². The van der Waals surface area contributed by atoms with Crippen LogP contribution in [0.4, 0.5) is 4.39 Å². The van der Waals surface area contributed by atoms with E-state index < -0.39 is 0 Å². The molecule has 0 spiro atoms. The van der Waals surface area contributed by atoms with E-state index in [0.29, 0.717) is 0 Å². The van der Waals surface area contributed by atoms with E-state index in [9.17, 15) is 4.39 Å². The fourth-order valence-corrected chi connectivity index (χ4v) is 1.54. The third-order valence-corrected chi connectivity index (χ3v) is 2.44. The Morgan fingerprint density at radius 2 is 1.27 bits per heavy atom. The molecule has 0 aliphatic rings. The van der Waals surface area contributed by atoms with E-state index in [0.717, 1.165) is 12.0 Å². The van der Waals surface area contributed by atoms with Crippen molar-refractivity contribution in [3.8, 4) is 0 Å². The summed E-state index contributed by atoms with van der Waals surface area (Å²) in [5.41, 5.74) is 3.66. The molecule has 2 aromatic carbocycles. The van der Waals surface area contributed by atoms with E-state index in [1.54, 1.807) is 0 Å². The molecule has 0 aromatic heterocycles. The highest BCUT2D eigenvalue weighted by atomic mass is 19.1. The predicted octanol–water partition coefficient (Wildman–Crippen LogP) is 3.72. The first-order valence-electron chi connectivity index (χ1n) is 5.04. The molecule has 15 heavy (non-hydrogen) atoms. The molecule has 0 saturated heterocycles. The van der Waals surface area contributed by atoms with Crippen LogP contribution in [0.15, 0.2) is 48.5 Å². The van der Waals surface area contributed by atoms with E-state index in [2.05, 4.69) is 31.2 Å². The number of hydrogen-bond donors (Lipinski definition) is 0. The second-order valence-corrected chi connectivity index (χ2v) is 3.79. The largest absolute Gasteiger partial charge is 0.207 e. The summed E-state index contributed by atoms with van der Waals surface area (Å²) >= 11 is 0. The third-order valence-electron chi connectivity index (χ3n) is 2.44. The second kappa shape index (κ2) is 4.26. The fourth-order valence-electron chi connectivity index (χ4n) is 1.54. The average molecular weight is 200 g/mol. The van der Waals surface area contributed by atoms with Gasteiger partial charge in [-0.25, -0.2) is 4.39 Å². The van der Waals surface area contributed by atoms with Gasteiger partial charge < -0.3 is 0 Å². The fraction of sp³-hybridized carbons (Fsp3) is 0.143. The SMILES string of the molecule is Cc1ccc(Cc2ccc(F)cc2)cc1. The molecule has 0 bridgehead atoms. The molecule has 0 N–H and O–H groups in total. The van der Waals surface area contributed by atoms with E-state index >= 15 is 0 Å². The number of halogens is 1. The van der Waals surface area contributed by atoms with Crippen LogP contribution in [0.25, 0.3) is 0 Å². The van der Waals surface area contributed by atoms with Crippen molar-refractivity contribution < 1.29 is 4.39 Å². The smallest absolute Gasteiger partial charge is 0.123 e. The van der Waals surface area contributed by atoms with Gasteiger partial charge in [0.05, 0.1) is 0 Å². The van der Waals surface area contributed by atoms with Crippen LogP contribution in [0.5, 0.6) is 0 Å². The van der Waals surface area contributed by atoms with E-state index in [1.165, 1.54) is 23.3 Å². The molecule has 0 saturated carbocycles. The minimum atomic E-state index is -0.178. The van der Waals surface area contributed by atoms with Crippen molar-refractivity contribution in [1.82, 2.24) is 0 Å². The molecule has 0 aliphatic carbocycles. The van der Waals surface area contributed by atoms with Crippen LogP contribution in [0, 0.1) is 12.7 Å². The van der Waals surface area contributed by atoms with Gasteiger partial charge in [0.25, 0.3) is 0 Å². The van der Waals surface area contributed by atoms with Gasteiger partial charge in [-0.3, -0.25) is 0 Å². The normalized spacial score (nSPS) is 10.3. The Labute approximate surface area is 89.4 Å². The Morgan fingerprint density at radius 3 is 1.80 bits per heavy atom. The van der Waals surface area contributed by atoms with Crippen LogP contribution in [0.3, 0.4) is 0 Å². The van der Waals surface area contributed by atoms with Crippen LogP contribution in [-0.4, -0.2) is 0 Å². The van der Waals surface area contributed by atoms with Crippen molar-refractivity contribution in [2.24, 2.45) is 0 Å². The zero-order chi connectivity index (χ0) is 10.7. The van der Waals surface area contributed by atoms with Crippen LogP contribution in [0.1, 0.15) is 16.7 Å². The topological polar surface area (TPSA) is 0 Å². The van der Waals surface area contributed by atoms with Crippen LogP contribution in [-0.2, 0) is 6.42 Å². The Bertz CT molecular complexity index is 382. The maximum Gasteiger partial charge on any atom is 0.123 e. The van der Waals surface area contributed by atoms with Gasteiger partial charge in [0.2, 0.25) is 0 Å². The molecule has 76 valence electrons. The first-order chi connectivity index (χ1) is 7.24. The Hall–Kier alpha value is -1.63. The first-order valence-corrected chi connectivity index (χ1v) is 5.04. The molecule has 0 amide bonds. The van der Waals surface area contributed by atoms with E-state index in [4.69, 9.17) is 0 Å². The molecule has 0 nitrogen and oxygen atoms in total. The molecule has 0 radical (unpaired) electrons. The summed E-state index contributed by atoms with van der Waals surface area (Å²) in [6, 6.07) is 15.1. The number of hydrogen-bond acceptors (Lipinski definition) is 0. The zero-order valence-electron chi connectivity index (χ0n) is 8.70. The molecular formula is C14H13F. The lowest BCUT2D eigenvalue weighted by atomic mass is 10.0. The summed E-state index contributed by atoms with van der Waals surface area (Å²) in [4.78, 5) is 0. The van der Waals surface area contributed by atoms with Gasteiger partial charge in [-0.2, -0.15) is 0 Å². The van der Waals surface area contributed by atoms with Gasteiger partial charge in [-0.05, 0) is 36.6 Å². The van der Waals surface area contributed by atoms with Gasteiger partial charge in [0.15, 0.2) is 0 Å². The maximum atomic E-state index is 12.7. The van der Waals surface area contributed by atoms with E-state index in [1.807, 2.05) is 12.1 Å². The Morgan fingerprint density at radius 1 is 0.800 bits per heavy atom.